The maximum absolute atomic E-state index is 10.9. The molecule has 1 aliphatic rings. The lowest BCUT2D eigenvalue weighted by molar-refractivity contribution is -0.113. The lowest BCUT2D eigenvalue weighted by Crippen LogP contribution is -2.49. The van der Waals surface area contributed by atoms with E-state index in [9.17, 15) is 9.90 Å². The third-order valence-electron chi connectivity index (χ3n) is 3.97. The summed E-state index contributed by atoms with van der Waals surface area (Å²) in [5, 5.41) is 18.1. The predicted octanol–water partition coefficient (Wildman–Crippen LogP) is 2.89. The fourth-order valence-electron chi connectivity index (χ4n) is 3.33. The molecule has 0 aromatic rings. The van der Waals surface area contributed by atoms with Crippen LogP contribution in [-0.4, -0.2) is 28.6 Å². The van der Waals surface area contributed by atoms with E-state index in [-0.39, 0.29) is 12.5 Å². The smallest absolute Gasteiger partial charge is 0.450 e. The second-order valence-corrected chi connectivity index (χ2v) is 5.64. The van der Waals surface area contributed by atoms with Gasteiger partial charge >= 0.3 is 6.16 Å². The quantitative estimate of drug-likeness (QED) is 0.746. The largest absolute Gasteiger partial charge is 0.506 e. The van der Waals surface area contributed by atoms with Crippen molar-refractivity contribution >= 4 is 6.16 Å². The monoisotopic (exact) mass is 244 g/mol. The van der Waals surface area contributed by atoms with Crippen LogP contribution >= 0.6 is 0 Å². The SMILES string of the molecule is CC(C)[C@@H]1CC[C@@H](C)C[C@]1(CCO)OC(=O)O. The van der Waals surface area contributed by atoms with Crippen LogP contribution < -0.4 is 0 Å². The highest BCUT2D eigenvalue weighted by Crippen LogP contribution is 2.45. The van der Waals surface area contributed by atoms with Crippen molar-refractivity contribution in [3.05, 3.63) is 0 Å². The van der Waals surface area contributed by atoms with Crippen molar-refractivity contribution in [3.63, 3.8) is 0 Å². The van der Waals surface area contributed by atoms with E-state index in [1.807, 2.05) is 0 Å². The van der Waals surface area contributed by atoms with Crippen LogP contribution in [0.5, 0.6) is 0 Å². The number of aliphatic hydroxyl groups is 1. The first-order valence-corrected chi connectivity index (χ1v) is 6.44. The van der Waals surface area contributed by atoms with Crippen molar-refractivity contribution in [2.45, 2.75) is 52.1 Å². The van der Waals surface area contributed by atoms with Crippen molar-refractivity contribution in [2.24, 2.45) is 17.8 Å². The normalized spacial score (nSPS) is 33.7. The molecule has 1 rings (SSSR count). The molecule has 0 spiro atoms. The van der Waals surface area contributed by atoms with Gasteiger partial charge in [-0.1, -0.05) is 27.2 Å². The van der Waals surface area contributed by atoms with Crippen LogP contribution in [0.2, 0.25) is 0 Å². The summed E-state index contributed by atoms with van der Waals surface area (Å²) in [6.45, 7) is 6.28. The fraction of sp³-hybridized carbons (Fsp3) is 0.923. The molecule has 4 nitrogen and oxygen atoms in total. The van der Waals surface area contributed by atoms with E-state index >= 15 is 0 Å². The topological polar surface area (TPSA) is 66.8 Å². The molecule has 0 saturated heterocycles. The van der Waals surface area contributed by atoms with Gasteiger partial charge < -0.3 is 14.9 Å². The Morgan fingerprint density at radius 1 is 1.47 bits per heavy atom. The van der Waals surface area contributed by atoms with Crippen LogP contribution in [0.25, 0.3) is 0 Å². The van der Waals surface area contributed by atoms with E-state index in [2.05, 4.69) is 20.8 Å². The maximum Gasteiger partial charge on any atom is 0.506 e. The average molecular weight is 244 g/mol. The number of carboxylic acid groups (broad SMARTS) is 1. The molecule has 1 aliphatic carbocycles. The number of aliphatic hydroxyl groups excluding tert-OH is 1. The molecule has 0 bridgehead atoms. The zero-order chi connectivity index (χ0) is 13.1. The lowest BCUT2D eigenvalue weighted by Gasteiger charge is -2.46. The second kappa shape index (κ2) is 5.71. The summed E-state index contributed by atoms with van der Waals surface area (Å²) < 4.78 is 5.22. The van der Waals surface area contributed by atoms with E-state index in [1.165, 1.54) is 0 Å². The van der Waals surface area contributed by atoms with Gasteiger partial charge in [0.05, 0.1) is 0 Å². The standard InChI is InChI=1S/C13H24O4/c1-9(2)11-5-4-10(3)8-13(11,6-7-14)17-12(15)16/h9-11,14H,4-8H2,1-3H3,(H,15,16)/t10-,11+,13+/m1/s1. The summed E-state index contributed by atoms with van der Waals surface area (Å²) in [5.41, 5.74) is -0.688. The van der Waals surface area contributed by atoms with Crippen LogP contribution in [-0.2, 0) is 4.74 Å². The number of hydrogen-bond acceptors (Lipinski definition) is 3. The molecule has 0 aromatic heterocycles. The van der Waals surface area contributed by atoms with Gasteiger partial charge in [0.15, 0.2) is 0 Å². The van der Waals surface area contributed by atoms with Crippen LogP contribution in [0.4, 0.5) is 4.79 Å². The molecule has 3 atom stereocenters. The van der Waals surface area contributed by atoms with Gasteiger partial charge in [-0.25, -0.2) is 4.79 Å². The third kappa shape index (κ3) is 3.35. The lowest BCUT2D eigenvalue weighted by atomic mass is 9.65. The molecule has 100 valence electrons. The average Bonchev–Trinajstić information content (AvgIpc) is 2.15. The Morgan fingerprint density at radius 3 is 2.59 bits per heavy atom. The zero-order valence-electron chi connectivity index (χ0n) is 11.0. The minimum absolute atomic E-state index is 0.0246. The Kier molecular flexibility index (Phi) is 4.80. The zero-order valence-corrected chi connectivity index (χ0v) is 11.0. The van der Waals surface area contributed by atoms with Gasteiger partial charge in [0.1, 0.15) is 5.60 Å². The molecule has 1 fully saturated rings. The molecule has 4 heteroatoms. The minimum atomic E-state index is -1.22. The highest BCUT2D eigenvalue weighted by Gasteiger charge is 2.47. The van der Waals surface area contributed by atoms with Gasteiger partial charge in [0, 0.05) is 18.9 Å². The molecule has 2 N–H and O–H groups in total. The van der Waals surface area contributed by atoms with Gasteiger partial charge in [-0.15, -0.1) is 0 Å². The molecule has 0 aliphatic heterocycles. The number of hydrogen-bond donors (Lipinski definition) is 2. The molecule has 0 aromatic carbocycles. The van der Waals surface area contributed by atoms with Crippen molar-refractivity contribution in [3.8, 4) is 0 Å². The third-order valence-corrected chi connectivity index (χ3v) is 3.97. The number of rotatable bonds is 4. The first-order chi connectivity index (χ1) is 7.91. The van der Waals surface area contributed by atoms with E-state index in [1.54, 1.807) is 0 Å². The first-order valence-electron chi connectivity index (χ1n) is 6.44. The molecular formula is C13H24O4. The summed E-state index contributed by atoms with van der Waals surface area (Å²) >= 11 is 0. The van der Waals surface area contributed by atoms with Crippen molar-refractivity contribution in [1.29, 1.82) is 0 Å². The van der Waals surface area contributed by atoms with Crippen LogP contribution in [0.15, 0.2) is 0 Å². The summed E-state index contributed by atoms with van der Waals surface area (Å²) in [7, 11) is 0. The minimum Gasteiger partial charge on any atom is -0.450 e. The molecule has 1 saturated carbocycles. The maximum atomic E-state index is 10.9. The summed E-state index contributed by atoms with van der Waals surface area (Å²) in [4.78, 5) is 10.9. The Morgan fingerprint density at radius 2 is 2.12 bits per heavy atom. The first kappa shape index (κ1) is 14.3. The van der Waals surface area contributed by atoms with Crippen molar-refractivity contribution < 1.29 is 19.7 Å². The van der Waals surface area contributed by atoms with E-state index in [0.717, 1.165) is 19.3 Å². The highest BCUT2D eigenvalue weighted by atomic mass is 16.7. The van der Waals surface area contributed by atoms with Crippen molar-refractivity contribution in [2.75, 3.05) is 6.61 Å². The van der Waals surface area contributed by atoms with E-state index < -0.39 is 11.8 Å². The highest BCUT2D eigenvalue weighted by molar-refractivity contribution is 5.57. The fourth-order valence-corrected chi connectivity index (χ4v) is 3.33. The van der Waals surface area contributed by atoms with Crippen LogP contribution in [0.3, 0.4) is 0 Å². The van der Waals surface area contributed by atoms with Gasteiger partial charge in [0.2, 0.25) is 0 Å². The molecule has 0 radical (unpaired) electrons. The Balaban J connectivity index is 2.95. The molecule has 0 unspecified atom stereocenters. The van der Waals surface area contributed by atoms with Crippen LogP contribution in [0.1, 0.15) is 46.5 Å². The Labute approximate surface area is 103 Å². The number of ether oxygens (including phenoxy) is 1. The van der Waals surface area contributed by atoms with Gasteiger partial charge in [-0.2, -0.15) is 0 Å². The Hall–Kier alpha value is -0.770. The Bertz CT molecular complexity index is 264. The molecular weight excluding hydrogens is 220 g/mol. The van der Waals surface area contributed by atoms with Crippen LogP contribution in [0, 0.1) is 17.8 Å². The van der Waals surface area contributed by atoms with Gasteiger partial charge in [0.25, 0.3) is 0 Å². The predicted molar refractivity (Wildman–Crippen MR) is 64.9 cm³/mol. The molecule has 0 heterocycles. The number of carbonyl (C=O) groups is 1. The summed E-state index contributed by atoms with van der Waals surface area (Å²) in [5.74, 6) is 1.03. The van der Waals surface area contributed by atoms with Crippen molar-refractivity contribution in [1.82, 2.24) is 0 Å². The van der Waals surface area contributed by atoms with E-state index in [0.29, 0.717) is 18.3 Å². The van der Waals surface area contributed by atoms with Gasteiger partial charge in [-0.3, -0.25) is 0 Å². The summed E-state index contributed by atoms with van der Waals surface area (Å²) in [6, 6.07) is 0. The summed E-state index contributed by atoms with van der Waals surface area (Å²) in [6.07, 6.45) is 2.00. The molecule has 0 amide bonds. The molecule has 17 heavy (non-hydrogen) atoms. The second-order valence-electron chi connectivity index (χ2n) is 5.64. The van der Waals surface area contributed by atoms with E-state index in [4.69, 9.17) is 9.84 Å². The van der Waals surface area contributed by atoms with Gasteiger partial charge in [-0.05, 0) is 24.7 Å².